The Bertz CT molecular complexity index is 1280. The first-order valence-corrected chi connectivity index (χ1v) is 13.2. The highest BCUT2D eigenvalue weighted by atomic mass is 16.5. The van der Waals surface area contributed by atoms with Crippen LogP contribution >= 0.6 is 0 Å². The highest BCUT2D eigenvalue weighted by Gasteiger charge is 2.50. The SMILES string of the molecule is CNc1ncnc2c1ncn2[C@@]1(O)CO[C@H](CN(C)CCC(C)NC(=O)Nc2ccc(C(C)(C)C)cc2)[C@H]1O. The summed E-state index contributed by atoms with van der Waals surface area (Å²) in [5.74, 6) is 0.530. The molecule has 0 spiro atoms. The van der Waals surface area contributed by atoms with E-state index in [0.717, 1.165) is 5.69 Å². The number of carbonyl (C=O) groups is 1. The number of hydrogen-bond donors (Lipinski definition) is 5. The second-order valence-corrected chi connectivity index (χ2v) is 11.3. The van der Waals surface area contributed by atoms with Crippen LogP contribution in [0.15, 0.2) is 36.9 Å². The van der Waals surface area contributed by atoms with Crippen molar-refractivity contribution in [2.45, 2.75) is 63.5 Å². The van der Waals surface area contributed by atoms with E-state index in [0.29, 0.717) is 36.5 Å². The molecular formula is C27H40N8O4. The molecule has 12 nitrogen and oxygen atoms in total. The highest BCUT2D eigenvalue weighted by molar-refractivity contribution is 5.89. The second-order valence-electron chi connectivity index (χ2n) is 11.3. The van der Waals surface area contributed by atoms with Crippen LogP contribution in [0.3, 0.4) is 0 Å². The lowest BCUT2D eigenvalue weighted by atomic mass is 9.87. The standard InChI is InChI=1S/C27H40N8O4/c1-17(32-25(37)33-19-9-7-18(8-10-19)26(2,3)4)11-12-34(6)13-20-22(36)27(38,14-39-20)35-16-31-21-23(28-5)29-15-30-24(21)35/h7-10,15-17,20,22,36,38H,11-14H2,1-6H3,(H,28,29,30)(H2,32,33,37)/t17?,20-,22-,27-/m1/s1. The van der Waals surface area contributed by atoms with Gasteiger partial charge in [0.25, 0.3) is 0 Å². The van der Waals surface area contributed by atoms with E-state index < -0.39 is 17.9 Å². The number of urea groups is 1. The van der Waals surface area contributed by atoms with Crippen molar-refractivity contribution in [3.05, 3.63) is 42.5 Å². The van der Waals surface area contributed by atoms with Crippen molar-refractivity contribution in [2.75, 3.05) is 44.4 Å². The molecule has 0 radical (unpaired) electrons. The first kappa shape index (κ1) is 28.7. The average molecular weight is 541 g/mol. The molecule has 5 N–H and O–H groups in total. The number of nitrogens with zero attached hydrogens (tertiary/aromatic N) is 5. The van der Waals surface area contributed by atoms with Crippen molar-refractivity contribution in [1.29, 1.82) is 0 Å². The Morgan fingerprint density at radius 3 is 2.64 bits per heavy atom. The predicted octanol–water partition coefficient (Wildman–Crippen LogP) is 2.10. The number of benzene rings is 1. The van der Waals surface area contributed by atoms with Crippen LogP contribution in [0.2, 0.25) is 0 Å². The van der Waals surface area contributed by atoms with Gasteiger partial charge >= 0.3 is 6.03 Å². The zero-order valence-electron chi connectivity index (χ0n) is 23.5. The average Bonchev–Trinajstić information content (AvgIpc) is 3.45. The van der Waals surface area contributed by atoms with Gasteiger partial charge in [-0.05, 0) is 50.0 Å². The molecule has 2 amide bonds. The van der Waals surface area contributed by atoms with Crippen LogP contribution < -0.4 is 16.0 Å². The highest BCUT2D eigenvalue weighted by Crippen LogP contribution is 2.33. The van der Waals surface area contributed by atoms with Crippen molar-refractivity contribution in [1.82, 2.24) is 29.7 Å². The third-order valence-corrected chi connectivity index (χ3v) is 7.14. The Morgan fingerprint density at radius 1 is 1.26 bits per heavy atom. The molecule has 4 atom stereocenters. The summed E-state index contributed by atoms with van der Waals surface area (Å²) in [4.78, 5) is 27.2. The lowest BCUT2D eigenvalue weighted by Crippen LogP contribution is -2.48. The summed E-state index contributed by atoms with van der Waals surface area (Å²) in [5.41, 5.74) is 1.18. The van der Waals surface area contributed by atoms with Gasteiger partial charge in [-0.25, -0.2) is 19.7 Å². The van der Waals surface area contributed by atoms with Crippen molar-refractivity contribution >= 4 is 28.7 Å². The van der Waals surface area contributed by atoms with Crippen molar-refractivity contribution in [3.63, 3.8) is 0 Å². The Hall–Kier alpha value is -3.32. The van der Waals surface area contributed by atoms with E-state index in [4.69, 9.17) is 4.74 Å². The van der Waals surface area contributed by atoms with Crippen molar-refractivity contribution in [3.8, 4) is 0 Å². The van der Waals surface area contributed by atoms with Gasteiger partial charge in [0.2, 0.25) is 0 Å². The summed E-state index contributed by atoms with van der Waals surface area (Å²) in [6.45, 7) is 9.34. The van der Waals surface area contributed by atoms with E-state index in [9.17, 15) is 15.0 Å². The summed E-state index contributed by atoms with van der Waals surface area (Å²) in [6.07, 6.45) is 1.69. The number of carbonyl (C=O) groups excluding carboxylic acids is 1. The molecule has 1 unspecified atom stereocenters. The van der Waals surface area contributed by atoms with Crippen molar-refractivity contribution in [2.24, 2.45) is 0 Å². The molecule has 2 aromatic heterocycles. The molecule has 1 saturated heterocycles. The number of rotatable bonds is 9. The Morgan fingerprint density at radius 2 is 1.97 bits per heavy atom. The van der Waals surface area contributed by atoms with Crippen LogP contribution in [0, 0.1) is 0 Å². The topological polar surface area (TPSA) is 150 Å². The predicted molar refractivity (Wildman–Crippen MR) is 150 cm³/mol. The summed E-state index contributed by atoms with van der Waals surface area (Å²) in [5, 5.41) is 31.2. The number of amides is 2. The maximum atomic E-state index is 12.5. The molecule has 0 saturated carbocycles. The zero-order chi connectivity index (χ0) is 28.4. The minimum atomic E-state index is -1.71. The lowest BCUT2D eigenvalue weighted by Gasteiger charge is -2.29. The number of aliphatic hydroxyl groups excluding tert-OH is 1. The van der Waals surface area contributed by atoms with Gasteiger partial charge in [-0.15, -0.1) is 0 Å². The molecule has 3 aromatic rings. The largest absolute Gasteiger partial charge is 0.385 e. The monoisotopic (exact) mass is 540 g/mol. The molecule has 1 aromatic carbocycles. The first-order valence-electron chi connectivity index (χ1n) is 13.2. The molecular weight excluding hydrogens is 500 g/mol. The minimum absolute atomic E-state index is 0.0544. The number of hydrogen-bond acceptors (Lipinski definition) is 9. The fourth-order valence-electron chi connectivity index (χ4n) is 4.70. The summed E-state index contributed by atoms with van der Waals surface area (Å²) < 4.78 is 7.26. The third kappa shape index (κ3) is 6.30. The zero-order valence-corrected chi connectivity index (χ0v) is 23.5. The van der Waals surface area contributed by atoms with Crippen LogP contribution in [0.5, 0.6) is 0 Å². The van der Waals surface area contributed by atoms with E-state index in [-0.39, 0.29) is 24.1 Å². The van der Waals surface area contributed by atoms with Crippen LogP contribution in [0.4, 0.5) is 16.3 Å². The number of likely N-dealkylation sites (N-methyl/N-ethyl adjacent to an activating group) is 1. The number of aromatic nitrogens is 4. The molecule has 0 aliphatic carbocycles. The maximum absolute atomic E-state index is 12.5. The molecule has 39 heavy (non-hydrogen) atoms. The smallest absolute Gasteiger partial charge is 0.319 e. The van der Waals surface area contributed by atoms with E-state index >= 15 is 0 Å². The quantitative estimate of drug-likeness (QED) is 0.275. The minimum Gasteiger partial charge on any atom is -0.385 e. The lowest BCUT2D eigenvalue weighted by molar-refractivity contribution is -0.108. The first-order chi connectivity index (χ1) is 18.4. The van der Waals surface area contributed by atoms with E-state index in [1.807, 2.05) is 43.1 Å². The number of ether oxygens (including phenoxy) is 1. The number of aliphatic hydroxyl groups is 2. The number of anilines is 2. The fourth-order valence-corrected chi connectivity index (χ4v) is 4.70. The molecule has 12 heteroatoms. The van der Waals surface area contributed by atoms with Crippen LogP contribution in [0.25, 0.3) is 11.2 Å². The molecule has 0 bridgehead atoms. The van der Waals surface area contributed by atoms with Gasteiger partial charge in [-0.1, -0.05) is 32.9 Å². The molecule has 4 rings (SSSR count). The summed E-state index contributed by atoms with van der Waals surface area (Å²) in [7, 11) is 3.64. The Balaban J connectivity index is 1.26. The van der Waals surface area contributed by atoms with Gasteiger partial charge < -0.3 is 35.8 Å². The number of nitrogens with one attached hydrogen (secondary N) is 3. The summed E-state index contributed by atoms with van der Waals surface area (Å²) >= 11 is 0. The molecule has 212 valence electrons. The van der Waals surface area contributed by atoms with Gasteiger partial charge in [-0.2, -0.15) is 0 Å². The molecule has 1 fully saturated rings. The number of fused-ring (bicyclic) bond motifs is 1. The van der Waals surface area contributed by atoms with Gasteiger partial charge in [0.05, 0.1) is 12.9 Å². The van der Waals surface area contributed by atoms with Gasteiger partial charge in [0.15, 0.2) is 22.7 Å². The van der Waals surface area contributed by atoms with E-state index in [2.05, 4.69) is 51.7 Å². The van der Waals surface area contributed by atoms with Crippen LogP contribution in [0.1, 0.15) is 39.7 Å². The normalized spacial score (nSPS) is 22.3. The fraction of sp³-hybridized carbons (Fsp3) is 0.556. The molecule has 3 heterocycles. The van der Waals surface area contributed by atoms with Gasteiger partial charge in [-0.3, -0.25) is 4.57 Å². The van der Waals surface area contributed by atoms with E-state index in [1.165, 1.54) is 22.8 Å². The molecule has 1 aliphatic heterocycles. The number of imidazole rings is 1. The summed E-state index contributed by atoms with van der Waals surface area (Å²) in [6, 6.07) is 7.53. The maximum Gasteiger partial charge on any atom is 0.319 e. The van der Waals surface area contributed by atoms with E-state index in [1.54, 1.807) is 7.05 Å². The van der Waals surface area contributed by atoms with Crippen LogP contribution in [-0.2, 0) is 15.9 Å². The molecule has 1 aliphatic rings. The van der Waals surface area contributed by atoms with Crippen molar-refractivity contribution < 1.29 is 19.7 Å². The van der Waals surface area contributed by atoms with Crippen LogP contribution in [-0.4, -0.2) is 92.7 Å². The third-order valence-electron chi connectivity index (χ3n) is 7.14. The van der Waals surface area contributed by atoms with Gasteiger partial charge in [0, 0.05) is 25.3 Å². The Kier molecular flexibility index (Phi) is 8.40. The van der Waals surface area contributed by atoms with Gasteiger partial charge in [0.1, 0.15) is 18.5 Å². The Labute approximate surface area is 228 Å². The second kappa shape index (κ2) is 11.4.